The summed E-state index contributed by atoms with van der Waals surface area (Å²) in [6.07, 6.45) is 52.1. The highest BCUT2D eigenvalue weighted by molar-refractivity contribution is 5.94. The number of nitrogens with one attached hydrogen (secondary N) is 1. The zero-order valence-electron chi connectivity index (χ0n) is 53.7. The first kappa shape index (κ1) is 76.2. The lowest BCUT2D eigenvalue weighted by Gasteiger charge is -2.33. The summed E-state index contributed by atoms with van der Waals surface area (Å²) in [6.45, 7) is 15.2. The first-order valence-corrected chi connectivity index (χ1v) is 35.0. The maximum Gasteiger partial charge on any atom is 0.251 e. The maximum atomic E-state index is 13.4. The Morgan fingerprint density at radius 1 is 0.362 bits per heavy atom. The van der Waals surface area contributed by atoms with Gasteiger partial charge in [0.1, 0.15) is 5.75 Å². The van der Waals surface area contributed by atoms with Gasteiger partial charge in [0, 0.05) is 71.0 Å². The Morgan fingerprint density at radius 3 is 0.850 bits per heavy atom. The molecule has 80 heavy (non-hydrogen) atoms. The number of rotatable bonds is 63. The van der Waals surface area contributed by atoms with E-state index in [0.29, 0.717) is 76.8 Å². The van der Waals surface area contributed by atoms with E-state index < -0.39 is 24.4 Å². The van der Waals surface area contributed by atoms with Gasteiger partial charge < -0.3 is 30.5 Å². The van der Waals surface area contributed by atoms with E-state index in [0.717, 1.165) is 77.0 Å². The molecule has 472 valence electrons. The van der Waals surface area contributed by atoms with Crippen molar-refractivity contribution in [2.45, 2.75) is 335 Å². The number of hydrogen-bond acceptors (Lipinski definition) is 9. The fraction of sp³-hybridized carbons (Fsp3) is 0.900. The minimum atomic E-state index is -0.449. The molecule has 0 aliphatic carbocycles. The number of aliphatic hydroxyl groups is 4. The second-order valence-electron chi connectivity index (χ2n) is 24.8. The number of carbonyl (C=O) groups excluding carboxylic acids is 1. The number of hydrogen-bond donors (Lipinski definition) is 5. The van der Waals surface area contributed by atoms with Crippen molar-refractivity contribution >= 4 is 5.91 Å². The van der Waals surface area contributed by atoms with E-state index in [1.165, 1.54) is 205 Å². The first-order valence-electron chi connectivity index (χ1n) is 35.0. The summed E-state index contributed by atoms with van der Waals surface area (Å²) in [5.41, 5.74) is 0.593. The van der Waals surface area contributed by atoms with Crippen LogP contribution >= 0.6 is 0 Å². The van der Waals surface area contributed by atoms with Gasteiger partial charge in [-0.1, -0.05) is 285 Å². The first-order chi connectivity index (χ1) is 39.1. The number of benzene rings is 1. The number of unbranched alkanes of at least 4 members (excludes halogenated alkanes) is 36. The molecule has 0 saturated heterocycles. The van der Waals surface area contributed by atoms with Crippen molar-refractivity contribution in [2.24, 2.45) is 0 Å². The van der Waals surface area contributed by atoms with Crippen molar-refractivity contribution in [3.63, 3.8) is 0 Å². The molecule has 0 spiro atoms. The van der Waals surface area contributed by atoms with Crippen LogP contribution in [0.3, 0.4) is 0 Å². The Morgan fingerprint density at radius 2 is 0.600 bits per heavy atom. The predicted octanol–water partition coefficient (Wildman–Crippen LogP) is 17.0. The minimum Gasteiger partial charge on any atom is -0.497 e. The van der Waals surface area contributed by atoms with Crippen LogP contribution in [-0.2, 0) is 0 Å². The summed E-state index contributed by atoms with van der Waals surface area (Å²) in [7, 11) is 1.63. The van der Waals surface area contributed by atoms with Crippen LogP contribution in [0.1, 0.15) is 321 Å². The van der Waals surface area contributed by atoms with Crippen LogP contribution in [0.2, 0.25) is 0 Å². The zero-order valence-corrected chi connectivity index (χ0v) is 53.7. The highest BCUT2D eigenvalue weighted by Gasteiger charge is 2.21. The van der Waals surface area contributed by atoms with Crippen LogP contribution < -0.4 is 10.1 Å². The third kappa shape index (κ3) is 48.6. The summed E-state index contributed by atoms with van der Waals surface area (Å²) in [5.74, 6) is 0.595. The molecule has 10 nitrogen and oxygen atoms in total. The Balaban J connectivity index is 3.14. The highest BCUT2D eigenvalue weighted by atomic mass is 16.5. The molecule has 0 aliphatic heterocycles. The molecule has 1 amide bonds. The molecule has 10 heteroatoms. The molecule has 0 bridgehead atoms. The number of ether oxygens (including phenoxy) is 1. The van der Waals surface area contributed by atoms with Gasteiger partial charge >= 0.3 is 0 Å². The normalized spacial score (nSPS) is 13.4. The predicted molar refractivity (Wildman–Crippen MR) is 345 cm³/mol. The van der Waals surface area contributed by atoms with Crippen molar-refractivity contribution in [1.29, 1.82) is 0 Å². The molecule has 0 heterocycles. The molecule has 1 rings (SSSR count). The smallest absolute Gasteiger partial charge is 0.251 e. The second-order valence-corrected chi connectivity index (χ2v) is 24.8. The second kappa shape index (κ2) is 57.6. The van der Waals surface area contributed by atoms with Crippen molar-refractivity contribution in [1.82, 2.24) is 20.0 Å². The summed E-state index contributed by atoms with van der Waals surface area (Å²) in [6, 6.07) is 7.22. The van der Waals surface area contributed by atoms with Crippen molar-refractivity contribution in [3.8, 4) is 5.75 Å². The Bertz CT molecular complexity index is 1290. The lowest BCUT2D eigenvalue weighted by atomic mass is 10.0. The van der Waals surface area contributed by atoms with Crippen LogP contribution in [0.25, 0.3) is 0 Å². The van der Waals surface area contributed by atoms with Gasteiger partial charge in [0.05, 0.1) is 31.5 Å². The van der Waals surface area contributed by atoms with Crippen molar-refractivity contribution in [2.75, 3.05) is 72.6 Å². The molecule has 0 aromatic heterocycles. The molecule has 1 aromatic rings. The van der Waals surface area contributed by atoms with Crippen LogP contribution in [0, 0.1) is 0 Å². The molecular weight excluding hydrogens is 993 g/mol. The van der Waals surface area contributed by atoms with Gasteiger partial charge in [0.2, 0.25) is 0 Å². The molecule has 5 N–H and O–H groups in total. The topological polar surface area (TPSA) is 129 Å². The van der Waals surface area contributed by atoms with Gasteiger partial charge in [-0.3, -0.25) is 19.5 Å². The third-order valence-corrected chi connectivity index (χ3v) is 17.0. The van der Waals surface area contributed by atoms with E-state index in [4.69, 9.17) is 4.74 Å². The summed E-state index contributed by atoms with van der Waals surface area (Å²) >= 11 is 0. The molecule has 0 fully saturated rings. The highest BCUT2D eigenvalue weighted by Crippen LogP contribution is 2.19. The van der Waals surface area contributed by atoms with Gasteiger partial charge in [0.25, 0.3) is 5.91 Å². The summed E-state index contributed by atoms with van der Waals surface area (Å²) in [5, 5.41) is 49.3. The van der Waals surface area contributed by atoms with E-state index in [2.05, 4.69) is 47.7 Å². The molecular formula is C70H136N4O6. The van der Waals surface area contributed by atoms with Crippen molar-refractivity contribution in [3.05, 3.63) is 29.8 Å². The van der Waals surface area contributed by atoms with Gasteiger partial charge in [-0.25, -0.2) is 0 Å². The summed E-state index contributed by atoms with van der Waals surface area (Å²) in [4.78, 5) is 20.4. The van der Waals surface area contributed by atoms with Gasteiger partial charge in [-0.15, -0.1) is 0 Å². The lowest BCUT2D eigenvalue weighted by molar-refractivity contribution is 0.0465. The van der Waals surface area contributed by atoms with Gasteiger partial charge in [-0.2, -0.15) is 0 Å². The molecule has 1 aromatic carbocycles. The maximum absolute atomic E-state index is 13.4. The van der Waals surface area contributed by atoms with E-state index >= 15 is 0 Å². The van der Waals surface area contributed by atoms with Gasteiger partial charge in [-0.05, 0) is 49.9 Å². The fourth-order valence-electron chi connectivity index (χ4n) is 11.6. The van der Waals surface area contributed by atoms with E-state index in [1.807, 2.05) is 12.1 Å². The van der Waals surface area contributed by atoms with Crippen LogP contribution in [0.4, 0.5) is 0 Å². The monoisotopic (exact) mass is 1130 g/mol. The Labute approximate surface area is 496 Å². The SMILES string of the molecule is CCCCCCCCCCCCC(O)CN(CCN(CCNC(=O)c1ccc(OC)cc1)CCN(CC(O)CCCCCCCCCCCC)CC(O)CCCCCCCCCCCC)CC(O)CCCCCCCCCCCC. The number of carbonyl (C=O) groups is 1. The van der Waals surface area contributed by atoms with E-state index in [9.17, 15) is 25.2 Å². The number of nitrogens with zero attached hydrogens (tertiary/aromatic N) is 3. The van der Waals surface area contributed by atoms with Crippen LogP contribution in [0.15, 0.2) is 24.3 Å². The van der Waals surface area contributed by atoms with Gasteiger partial charge in [0.15, 0.2) is 0 Å². The zero-order chi connectivity index (χ0) is 58.2. The lowest BCUT2D eigenvalue weighted by Crippen LogP contribution is -2.47. The largest absolute Gasteiger partial charge is 0.497 e. The fourth-order valence-corrected chi connectivity index (χ4v) is 11.6. The molecule has 0 aliphatic rings. The standard InChI is InChI=1S/C70H136N4O6/c1-6-10-14-18-22-26-30-34-38-42-46-65(75)60-73(61-66(76)47-43-39-35-31-27-23-19-15-11-7-2)58-56-72(55-54-71-70(79)64-50-52-69(80-5)53-51-64)57-59-74(62-67(77)48-44-40-36-32-28-24-20-16-12-8-3)63-68(78)49-45-41-37-33-29-25-21-17-13-9-4/h50-53,65-68,75-78H,6-49,54-63H2,1-5H3,(H,71,79). The summed E-state index contributed by atoms with van der Waals surface area (Å²) < 4.78 is 5.34. The minimum absolute atomic E-state index is 0.119. The van der Waals surface area contributed by atoms with Crippen LogP contribution in [0.5, 0.6) is 5.75 Å². The van der Waals surface area contributed by atoms with E-state index in [1.54, 1.807) is 19.2 Å². The number of aliphatic hydroxyl groups excluding tert-OH is 4. The Hall–Kier alpha value is -1.79. The average molecular weight is 1130 g/mol. The average Bonchev–Trinajstić information content (AvgIpc) is 3.45. The van der Waals surface area contributed by atoms with Crippen LogP contribution in [-0.4, -0.2) is 138 Å². The molecule has 4 atom stereocenters. The quantitative estimate of drug-likeness (QED) is 0.0405. The number of methoxy groups -OCH3 is 1. The molecule has 0 radical (unpaired) electrons. The molecule has 4 unspecified atom stereocenters. The van der Waals surface area contributed by atoms with E-state index in [-0.39, 0.29) is 5.91 Å². The van der Waals surface area contributed by atoms with Crippen molar-refractivity contribution < 1.29 is 30.0 Å². The molecule has 0 saturated carbocycles. The Kier molecular flexibility index (Phi) is 54.9. The number of amides is 1. The third-order valence-electron chi connectivity index (χ3n) is 17.0.